The van der Waals surface area contributed by atoms with Crippen molar-refractivity contribution in [1.29, 1.82) is 0 Å². The number of nitrogens with two attached hydrogens (primary N) is 1. The highest BCUT2D eigenvalue weighted by Crippen LogP contribution is 2.37. The molecule has 11 heteroatoms. The maximum Gasteiger partial charge on any atom is 0.238 e. The zero-order valence-corrected chi connectivity index (χ0v) is 19.6. The average Bonchev–Trinajstić information content (AvgIpc) is 2.72. The summed E-state index contributed by atoms with van der Waals surface area (Å²) in [6, 6.07) is 10.4. The van der Waals surface area contributed by atoms with Crippen molar-refractivity contribution in [2.45, 2.75) is 34.8 Å². The van der Waals surface area contributed by atoms with Crippen LogP contribution in [-0.2, 0) is 26.3 Å². The number of sulfonamides is 1. The fraction of sp³-hybridized carbons (Fsp3) is 0.182. The molecular weight excluding hydrogens is 499 g/mol. The topological polar surface area (TPSA) is 94.3 Å². The predicted molar refractivity (Wildman–Crippen MR) is 119 cm³/mol. The van der Waals surface area contributed by atoms with Crippen LogP contribution in [0.15, 0.2) is 64.4 Å². The van der Waals surface area contributed by atoms with E-state index in [2.05, 4.69) is 0 Å². The molecule has 0 bridgehead atoms. The lowest BCUT2D eigenvalue weighted by molar-refractivity contribution is 0.470. The Morgan fingerprint density at radius 1 is 0.909 bits per heavy atom. The van der Waals surface area contributed by atoms with E-state index in [1.807, 2.05) is 0 Å². The SMILES string of the molecule is Cc1ccc(S(N)(=O)=O)c(CCC(c2c(F)ccc(F)c2F)S(=O)(=O)c2ccc(Cl)cc2)c1. The second kappa shape index (κ2) is 9.46. The monoisotopic (exact) mass is 517 g/mol. The Morgan fingerprint density at radius 3 is 2.12 bits per heavy atom. The molecule has 3 aromatic carbocycles. The van der Waals surface area contributed by atoms with Crippen molar-refractivity contribution in [2.24, 2.45) is 5.14 Å². The number of rotatable bonds is 7. The molecule has 0 aliphatic rings. The van der Waals surface area contributed by atoms with E-state index in [1.54, 1.807) is 6.92 Å². The molecule has 3 aromatic rings. The lowest BCUT2D eigenvalue weighted by Crippen LogP contribution is -2.20. The van der Waals surface area contributed by atoms with Crippen LogP contribution in [0.4, 0.5) is 13.2 Å². The summed E-state index contributed by atoms with van der Waals surface area (Å²) in [5.74, 6) is -4.29. The van der Waals surface area contributed by atoms with E-state index in [9.17, 15) is 30.0 Å². The molecule has 0 saturated heterocycles. The summed E-state index contributed by atoms with van der Waals surface area (Å²) in [6.45, 7) is 1.68. The first-order valence-electron chi connectivity index (χ1n) is 9.57. The molecule has 0 aliphatic heterocycles. The summed E-state index contributed by atoms with van der Waals surface area (Å²) in [5.41, 5.74) is -0.126. The molecule has 0 spiro atoms. The predicted octanol–water partition coefficient (Wildman–Crippen LogP) is 4.86. The van der Waals surface area contributed by atoms with Crippen molar-refractivity contribution < 1.29 is 30.0 Å². The maximum absolute atomic E-state index is 14.7. The van der Waals surface area contributed by atoms with Crippen LogP contribution in [0.2, 0.25) is 5.02 Å². The highest BCUT2D eigenvalue weighted by molar-refractivity contribution is 7.91. The van der Waals surface area contributed by atoms with Gasteiger partial charge in [-0.25, -0.2) is 35.1 Å². The van der Waals surface area contributed by atoms with Gasteiger partial charge < -0.3 is 0 Å². The highest BCUT2D eigenvalue weighted by atomic mass is 35.5. The standard InChI is InChI=1S/C22H19ClF3NO4S2/c1-13-2-10-19(33(27,30)31)14(12-13)3-11-20(21-17(24)8-9-18(25)22(21)26)32(28,29)16-6-4-15(23)5-7-16/h2,4-10,12,20H,3,11H2,1H3,(H2,27,30,31). The van der Waals surface area contributed by atoms with Crippen LogP contribution >= 0.6 is 11.6 Å². The quantitative estimate of drug-likeness (QED) is 0.453. The van der Waals surface area contributed by atoms with E-state index in [1.165, 1.54) is 42.5 Å². The molecule has 2 N–H and O–H groups in total. The van der Waals surface area contributed by atoms with E-state index in [4.69, 9.17) is 16.7 Å². The smallest absolute Gasteiger partial charge is 0.225 e. The van der Waals surface area contributed by atoms with Gasteiger partial charge in [-0.15, -0.1) is 0 Å². The van der Waals surface area contributed by atoms with Crippen LogP contribution in [0, 0.1) is 24.4 Å². The highest BCUT2D eigenvalue weighted by Gasteiger charge is 2.35. The first-order chi connectivity index (χ1) is 15.3. The van der Waals surface area contributed by atoms with Crippen molar-refractivity contribution in [3.63, 3.8) is 0 Å². The third-order valence-corrected chi connectivity index (χ3v) is 8.53. The molecule has 0 saturated carbocycles. The van der Waals surface area contributed by atoms with Gasteiger partial charge in [-0.2, -0.15) is 0 Å². The fourth-order valence-electron chi connectivity index (χ4n) is 3.55. The van der Waals surface area contributed by atoms with Gasteiger partial charge >= 0.3 is 0 Å². The molecule has 33 heavy (non-hydrogen) atoms. The first kappa shape index (κ1) is 25.2. The number of halogens is 4. The van der Waals surface area contributed by atoms with Gasteiger partial charge in [0.1, 0.15) is 5.82 Å². The molecule has 0 fully saturated rings. The average molecular weight is 518 g/mol. The molecule has 0 amide bonds. The zero-order valence-electron chi connectivity index (χ0n) is 17.2. The van der Waals surface area contributed by atoms with Crippen LogP contribution in [0.1, 0.15) is 28.4 Å². The molecule has 0 aromatic heterocycles. The minimum atomic E-state index is -4.45. The third kappa shape index (κ3) is 5.40. The van der Waals surface area contributed by atoms with Crippen LogP contribution < -0.4 is 5.14 Å². The zero-order chi connectivity index (χ0) is 24.6. The van der Waals surface area contributed by atoms with Crippen molar-refractivity contribution in [2.75, 3.05) is 0 Å². The Balaban J connectivity index is 2.15. The van der Waals surface area contributed by atoms with Gasteiger partial charge in [-0.1, -0.05) is 29.3 Å². The van der Waals surface area contributed by atoms with Gasteiger partial charge in [0.15, 0.2) is 21.5 Å². The van der Waals surface area contributed by atoms with E-state index in [-0.39, 0.29) is 26.8 Å². The molecule has 176 valence electrons. The van der Waals surface area contributed by atoms with Gasteiger partial charge in [-0.05, 0) is 67.8 Å². The van der Waals surface area contributed by atoms with Gasteiger partial charge in [0.2, 0.25) is 10.0 Å². The van der Waals surface area contributed by atoms with Crippen molar-refractivity contribution in [1.82, 2.24) is 0 Å². The first-order valence-corrected chi connectivity index (χ1v) is 13.0. The summed E-state index contributed by atoms with van der Waals surface area (Å²) in [4.78, 5) is -0.521. The maximum atomic E-state index is 14.7. The summed E-state index contributed by atoms with van der Waals surface area (Å²) in [7, 11) is -8.60. The Kier molecular flexibility index (Phi) is 7.23. The molecule has 3 rings (SSSR count). The summed E-state index contributed by atoms with van der Waals surface area (Å²) in [5, 5.41) is 3.64. The van der Waals surface area contributed by atoms with E-state index in [0.29, 0.717) is 17.7 Å². The Bertz CT molecular complexity index is 1410. The molecule has 1 atom stereocenters. The molecular formula is C22H19ClF3NO4S2. The Labute approximate surface area is 195 Å². The van der Waals surface area contributed by atoms with Crippen LogP contribution in [0.3, 0.4) is 0 Å². The number of aryl methyl sites for hydroxylation is 2. The number of hydrogen-bond donors (Lipinski definition) is 1. The molecule has 5 nitrogen and oxygen atoms in total. The second-order valence-electron chi connectivity index (χ2n) is 7.44. The summed E-state index contributed by atoms with van der Waals surface area (Å²) in [6.07, 6.45) is -0.672. The fourth-order valence-corrected chi connectivity index (χ4v) is 6.26. The minimum Gasteiger partial charge on any atom is -0.225 e. The lowest BCUT2D eigenvalue weighted by Gasteiger charge is -2.20. The van der Waals surface area contributed by atoms with Crippen LogP contribution in [0.25, 0.3) is 0 Å². The normalized spacial score (nSPS) is 13.2. The molecule has 0 heterocycles. The van der Waals surface area contributed by atoms with Crippen molar-refractivity contribution in [3.8, 4) is 0 Å². The second-order valence-corrected chi connectivity index (χ2v) is 11.5. The number of primary sulfonamides is 1. The number of hydrogen-bond acceptors (Lipinski definition) is 4. The van der Waals surface area contributed by atoms with Crippen molar-refractivity contribution in [3.05, 3.63) is 93.8 Å². The Hall–Kier alpha value is -2.40. The number of benzene rings is 3. The third-order valence-electron chi connectivity index (χ3n) is 5.12. The summed E-state index contributed by atoms with van der Waals surface area (Å²) >= 11 is 5.81. The van der Waals surface area contributed by atoms with Crippen LogP contribution in [-0.4, -0.2) is 16.8 Å². The lowest BCUT2D eigenvalue weighted by atomic mass is 10.0. The van der Waals surface area contributed by atoms with Gasteiger partial charge in [0.05, 0.1) is 15.0 Å². The van der Waals surface area contributed by atoms with Crippen LogP contribution in [0.5, 0.6) is 0 Å². The summed E-state index contributed by atoms with van der Waals surface area (Å²) < 4.78 is 94.0. The van der Waals surface area contributed by atoms with Gasteiger partial charge in [-0.3, -0.25) is 0 Å². The largest absolute Gasteiger partial charge is 0.238 e. The minimum absolute atomic E-state index is 0.172. The van der Waals surface area contributed by atoms with E-state index < -0.39 is 54.5 Å². The number of sulfone groups is 1. The molecule has 1 unspecified atom stereocenters. The van der Waals surface area contributed by atoms with E-state index >= 15 is 0 Å². The molecule has 0 radical (unpaired) electrons. The van der Waals surface area contributed by atoms with Crippen molar-refractivity contribution >= 4 is 31.5 Å². The Morgan fingerprint density at radius 2 is 1.52 bits per heavy atom. The van der Waals surface area contributed by atoms with E-state index in [0.717, 1.165) is 0 Å². The van der Waals surface area contributed by atoms with Gasteiger partial charge in [0, 0.05) is 10.6 Å². The molecule has 0 aliphatic carbocycles. The van der Waals surface area contributed by atoms with Gasteiger partial charge in [0.25, 0.3) is 0 Å².